The molecule has 1 heterocycles. The predicted octanol–water partition coefficient (Wildman–Crippen LogP) is 2.88. The second-order valence-electron chi connectivity index (χ2n) is 4.55. The summed E-state index contributed by atoms with van der Waals surface area (Å²) in [7, 11) is 0. The van der Waals surface area contributed by atoms with Crippen LogP contribution in [-0.2, 0) is 0 Å². The Bertz CT molecular complexity index is 318. The summed E-state index contributed by atoms with van der Waals surface area (Å²) in [5, 5.41) is 5.46. The minimum absolute atomic E-state index is 0.656. The van der Waals surface area contributed by atoms with Gasteiger partial charge in [-0.05, 0) is 31.9 Å². The Morgan fingerprint density at radius 3 is 3.06 bits per heavy atom. The average Bonchev–Trinajstić information content (AvgIpc) is 2.39. The molecule has 0 bridgehead atoms. The molecule has 3 nitrogen and oxygen atoms in total. The van der Waals surface area contributed by atoms with Gasteiger partial charge in [0.2, 0.25) is 0 Å². The van der Waals surface area contributed by atoms with E-state index < -0.39 is 0 Å². The fourth-order valence-corrected chi connectivity index (χ4v) is 3.54. The lowest BCUT2D eigenvalue weighted by Crippen LogP contribution is -2.40. The highest BCUT2D eigenvalue weighted by atomic mass is 32.2. The van der Waals surface area contributed by atoms with E-state index in [2.05, 4.69) is 22.2 Å². The van der Waals surface area contributed by atoms with Crippen LogP contribution in [0.4, 0.5) is 0 Å². The summed E-state index contributed by atoms with van der Waals surface area (Å²) in [5.41, 5.74) is 0. The molecule has 1 aliphatic rings. The predicted molar refractivity (Wildman–Crippen MR) is 72.2 cm³/mol. The number of nitrogens with zero attached hydrogens (tertiary/aromatic N) is 2. The van der Waals surface area contributed by atoms with Crippen LogP contribution in [0.15, 0.2) is 23.6 Å². The lowest BCUT2D eigenvalue weighted by molar-refractivity contribution is 0.384. The number of nitrogens with one attached hydrogen (secondary N) is 1. The summed E-state index contributed by atoms with van der Waals surface area (Å²) in [6.45, 7) is 3.36. The van der Waals surface area contributed by atoms with Crippen molar-refractivity contribution < 1.29 is 0 Å². The zero-order valence-electron chi connectivity index (χ0n) is 10.4. The van der Waals surface area contributed by atoms with Crippen molar-refractivity contribution in [1.29, 1.82) is 0 Å². The summed E-state index contributed by atoms with van der Waals surface area (Å²) in [4.78, 5) is 8.28. The second-order valence-corrected chi connectivity index (χ2v) is 5.81. The van der Waals surface area contributed by atoms with Gasteiger partial charge in [-0.2, -0.15) is 0 Å². The van der Waals surface area contributed by atoms with E-state index in [9.17, 15) is 0 Å². The number of thioether (sulfide) groups is 1. The molecule has 0 saturated heterocycles. The summed E-state index contributed by atoms with van der Waals surface area (Å²) >= 11 is 1.91. The van der Waals surface area contributed by atoms with Crippen LogP contribution in [0.2, 0.25) is 0 Å². The van der Waals surface area contributed by atoms with Crippen LogP contribution in [0, 0.1) is 0 Å². The molecule has 2 unspecified atom stereocenters. The van der Waals surface area contributed by atoms with Crippen molar-refractivity contribution in [1.82, 2.24) is 15.3 Å². The molecule has 4 heteroatoms. The third kappa shape index (κ3) is 3.96. The van der Waals surface area contributed by atoms with Gasteiger partial charge in [0.25, 0.3) is 0 Å². The van der Waals surface area contributed by atoms with E-state index in [-0.39, 0.29) is 0 Å². The van der Waals surface area contributed by atoms with Gasteiger partial charge in [0, 0.05) is 17.5 Å². The zero-order valence-corrected chi connectivity index (χ0v) is 11.2. The van der Waals surface area contributed by atoms with Crippen molar-refractivity contribution in [3.63, 3.8) is 0 Å². The fourth-order valence-electron chi connectivity index (χ4n) is 2.30. The van der Waals surface area contributed by atoms with Gasteiger partial charge in [0.15, 0.2) is 0 Å². The summed E-state index contributed by atoms with van der Waals surface area (Å²) in [6.07, 6.45) is 10.0. The molecule has 0 aliphatic heterocycles. The van der Waals surface area contributed by atoms with Crippen LogP contribution in [-0.4, -0.2) is 27.8 Å². The van der Waals surface area contributed by atoms with Gasteiger partial charge in [0.05, 0.1) is 5.03 Å². The first kappa shape index (κ1) is 12.8. The Morgan fingerprint density at radius 2 is 2.29 bits per heavy atom. The lowest BCUT2D eigenvalue weighted by atomic mass is 9.95. The Kier molecular flexibility index (Phi) is 5.26. The Morgan fingerprint density at radius 1 is 1.41 bits per heavy atom. The topological polar surface area (TPSA) is 37.8 Å². The van der Waals surface area contributed by atoms with Gasteiger partial charge in [0.1, 0.15) is 6.33 Å². The highest BCUT2D eigenvalue weighted by molar-refractivity contribution is 7.99. The molecule has 94 valence electrons. The molecular formula is C13H21N3S. The summed E-state index contributed by atoms with van der Waals surface area (Å²) < 4.78 is 0. The van der Waals surface area contributed by atoms with Gasteiger partial charge in [-0.1, -0.05) is 19.8 Å². The van der Waals surface area contributed by atoms with E-state index in [4.69, 9.17) is 0 Å². The third-order valence-electron chi connectivity index (χ3n) is 3.19. The normalized spacial score (nSPS) is 24.8. The van der Waals surface area contributed by atoms with Crippen molar-refractivity contribution >= 4 is 11.8 Å². The highest BCUT2D eigenvalue weighted by Crippen LogP contribution is 2.32. The monoisotopic (exact) mass is 251 g/mol. The maximum absolute atomic E-state index is 4.31. The summed E-state index contributed by atoms with van der Waals surface area (Å²) in [5.74, 6) is 0. The SMILES string of the molecule is CCCNC1CCCCC1Sc1ccncn1. The standard InChI is InChI=1S/C13H21N3S/c1-2-8-15-11-5-3-4-6-12(11)17-13-7-9-14-10-16-13/h7,9-12,15H,2-6,8H2,1H3. The molecule has 1 fully saturated rings. The smallest absolute Gasteiger partial charge is 0.116 e. The molecule has 2 rings (SSSR count). The molecule has 0 radical (unpaired) electrons. The van der Waals surface area contributed by atoms with Crippen LogP contribution < -0.4 is 5.32 Å². The van der Waals surface area contributed by atoms with Crippen LogP contribution >= 0.6 is 11.8 Å². The van der Waals surface area contributed by atoms with E-state index in [0.717, 1.165) is 11.6 Å². The second kappa shape index (κ2) is 6.97. The minimum Gasteiger partial charge on any atom is -0.313 e. The molecule has 2 atom stereocenters. The van der Waals surface area contributed by atoms with Gasteiger partial charge < -0.3 is 5.32 Å². The van der Waals surface area contributed by atoms with Crippen molar-refractivity contribution in [2.75, 3.05) is 6.54 Å². The first-order chi connectivity index (χ1) is 8.40. The van der Waals surface area contributed by atoms with Crippen molar-refractivity contribution in [3.05, 3.63) is 18.6 Å². The molecule has 17 heavy (non-hydrogen) atoms. The van der Waals surface area contributed by atoms with Crippen LogP contribution in [0.1, 0.15) is 39.0 Å². The van der Waals surface area contributed by atoms with E-state index in [1.807, 2.05) is 24.0 Å². The third-order valence-corrected chi connectivity index (χ3v) is 4.54. The highest BCUT2D eigenvalue weighted by Gasteiger charge is 2.25. The molecule has 1 aromatic rings. The molecule has 1 aliphatic carbocycles. The molecule has 0 spiro atoms. The van der Waals surface area contributed by atoms with E-state index in [0.29, 0.717) is 11.3 Å². The Labute approximate surface area is 108 Å². The number of hydrogen-bond donors (Lipinski definition) is 1. The van der Waals surface area contributed by atoms with Crippen LogP contribution in [0.3, 0.4) is 0 Å². The maximum atomic E-state index is 4.31. The number of aromatic nitrogens is 2. The van der Waals surface area contributed by atoms with E-state index >= 15 is 0 Å². The van der Waals surface area contributed by atoms with Crippen molar-refractivity contribution in [2.24, 2.45) is 0 Å². The van der Waals surface area contributed by atoms with Gasteiger partial charge in [-0.3, -0.25) is 0 Å². The number of hydrogen-bond acceptors (Lipinski definition) is 4. The first-order valence-electron chi connectivity index (χ1n) is 6.56. The number of rotatable bonds is 5. The molecule has 1 N–H and O–H groups in total. The lowest BCUT2D eigenvalue weighted by Gasteiger charge is -2.31. The first-order valence-corrected chi connectivity index (χ1v) is 7.44. The van der Waals surface area contributed by atoms with Crippen LogP contribution in [0.5, 0.6) is 0 Å². The fraction of sp³-hybridized carbons (Fsp3) is 0.692. The largest absolute Gasteiger partial charge is 0.313 e. The maximum Gasteiger partial charge on any atom is 0.116 e. The molecular weight excluding hydrogens is 230 g/mol. The molecule has 1 aromatic heterocycles. The molecule has 0 amide bonds. The quantitative estimate of drug-likeness (QED) is 0.817. The zero-order chi connectivity index (χ0) is 11.9. The van der Waals surface area contributed by atoms with Gasteiger partial charge in [-0.15, -0.1) is 11.8 Å². The minimum atomic E-state index is 0.656. The Balaban J connectivity index is 1.92. The van der Waals surface area contributed by atoms with Crippen molar-refractivity contribution in [3.8, 4) is 0 Å². The molecule has 0 aromatic carbocycles. The molecule has 1 saturated carbocycles. The van der Waals surface area contributed by atoms with Gasteiger partial charge >= 0.3 is 0 Å². The van der Waals surface area contributed by atoms with Crippen molar-refractivity contribution in [2.45, 2.75) is 55.3 Å². The summed E-state index contributed by atoms with van der Waals surface area (Å²) in [6, 6.07) is 2.67. The van der Waals surface area contributed by atoms with E-state index in [1.54, 1.807) is 6.33 Å². The van der Waals surface area contributed by atoms with Gasteiger partial charge in [-0.25, -0.2) is 9.97 Å². The Hall–Kier alpha value is -0.610. The van der Waals surface area contributed by atoms with E-state index in [1.165, 1.54) is 32.1 Å². The average molecular weight is 251 g/mol. The van der Waals surface area contributed by atoms with Crippen LogP contribution in [0.25, 0.3) is 0 Å².